The quantitative estimate of drug-likeness (QED) is 0.418. The first kappa shape index (κ1) is 25.4. The van der Waals surface area contributed by atoms with Gasteiger partial charge in [-0.2, -0.15) is 5.10 Å². The number of amides is 1. The van der Waals surface area contributed by atoms with Crippen LogP contribution < -0.4 is 10.3 Å². The van der Waals surface area contributed by atoms with E-state index in [4.69, 9.17) is 9.47 Å². The molecule has 0 aliphatic carbocycles. The van der Waals surface area contributed by atoms with E-state index in [-0.39, 0.29) is 23.6 Å². The fourth-order valence-corrected chi connectivity index (χ4v) is 5.78. The van der Waals surface area contributed by atoms with Crippen molar-refractivity contribution in [1.82, 2.24) is 34.5 Å². The van der Waals surface area contributed by atoms with Gasteiger partial charge in [0.05, 0.1) is 35.8 Å². The minimum Gasteiger partial charge on any atom is -0.467 e. The molecule has 2 saturated heterocycles. The highest BCUT2D eigenvalue weighted by Gasteiger charge is 2.29. The Labute approximate surface area is 225 Å². The number of carbonyl (C=O) groups is 1. The van der Waals surface area contributed by atoms with Crippen molar-refractivity contribution in [1.29, 1.82) is 0 Å². The number of aromatic amines is 1. The Morgan fingerprint density at radius 1 is 1.13 bits per heavy atom. The number of ether oxygens (including phenoxy) is 2. The van der Waals surface area contributed by atoms with E-state index >= 15 is 0 Å². The Morgan fingerprint density at radius 2 is 1.90 bits per heavy atom. The van der Waals surface area contributed by atoms with Crippen LogP contribution in [0.4, 0.5) is 0 Å². The van der Waals surface area contributed by atoms with Crippen LogP contribution in [-0.2, 0) is 11.3 Å². The maximum absolute atomic E-state index is 13.8. The molecule has 2 aliphatic rings. The lowest BCUT2D eigenvalue weighted by molar-refractivity contribution is 0.0494. The van der Waals surface area contributed by atoms with E-state index in [1.54, 1.807) is 25.7 Å². The van der Waals surface area contributed by atoms with Gasteiger partial charge in [0.15, 0.2) is 0 Å². The number of pyridine rings is 1. The third-order valence-corrected chi connectivity index (χ3v) is 7.98. The molecule has 204 valence electrons. The third kappa shape index (κ3) is 4.76. The first-order chi connectivity index (χ1) is 18.9. The summed E-state index contributed by atoms with van der Waals surface area (Å²) in [6.45, 7) is 8.11. The van der Waals surface area contributed by atoms with Crippen molar-refractivity contribution >= 4 is 27.7 Å². The van der Waals surface area contributed by atoms with Gasteiger partial charge in [-0.3, -0.25) is 19.2 Å². The summed E-state index contributed by atoms with van der Waals surface area (Å²) in [5, 5.41) is 5.99. The number of H-pyrrole nitrogens is 1. The number of benzene rings is 1. The van der Waals surface area contributed by atoms with E-state index in [0.29, 0.717) is 49.8 Å². The zero-order chi connectivity index (χ0) is 27.1. The normalized spacial score (nSPS) is 19.2. The summed E-state index contributed by atoms with van der Waals surface area (Å²) in [6, 6.07) is 4.53. The Hall–Kier alpha value is -3.83. The largest absolute Gasteiger partial charge is 0.467 e. The van der Waals surface area contributed by atoms with Crippen molar-refractivity contribution < 1.29 is 14.3 Å². The monoisotopic (exact) mass is 531 g/mol. The van der Waals surface area contributed by atoms with Crippen LogP contribution in [0.1, 0.15) is 47.3 Å². The summed E-state index contributed by atoms with van der Waals surface area (Å²) in [6.07, 6.45) is 6.88. The number of aromatic nitrogens is 5. The highest BCUT2D eigenvalue weighted by molar-refractivity contribution is 6.07. The van der Waals surface area contributed by atoms with Gasteiger partial charge in [-0.25, -0.2) is 9.97 Å². The van der Waals surface area contributed by atoms with E-state index in [1.165, 1.54) is 0 Å². The molecule has 6 rings (SSSR count). The molecule has 11 heteroatoms. The van der Waals surface area contributed by atoms with Crippen molar-refractivity contribution in [2.45, 2.75) is 45.3 Å². The van der Waals surface area contributed by atoms with Crippen LogP contribution in [0.3, 0.4) is 0 Å². The van der Waals surface area contributed by atoms with Gasteiger partial charge in [0, 0.05) is 74.3 Å². The Balaban J connectivity index is 1.27. The van der Waals surface area contributed by atoms with Gasteiger partial charge in [-0.1, -0.05) is 0 Å². The summed E-state index contributed by atoms with van der Waals surface area (Å²) in [5.41, 5.74) is 3.84. The second kappa shape index (κ2) is 10.4. The number of hydrogen-bond acceptors (Lipinski definition) is 8. The molecule has 2 fully saturated rings. The number of nitrogens with zero attached hydrogens (tertiary/aromatic N) is 6. The summed E-state index contributed by atoms with van der Waals surface area (Å²) >= 11 is 0. The summed E-state index contributed by atoms with van der Waals surface area (Å²) < 4.78 is 12.6. The molecular formula is C28H33N7O4. The number of aryl methyl sites for hydroxylation is 1. The average Bonchev–Trinajstić information content (AvgIpc) is 3.41. The molecule has 2 aliphatic heterocycles. The maximum atomic E-state index is 13.8. The molecule has 0 bridgehead atoms. The number of nitrogens with one attached hydrogen (secondary N) is 1. The van der Waals surface area contributed by atoms with Crippen LogP contribution in [0.5, 0.6) is 6.01 Å². The third-order valence-electron chi connectivity index (χ3n) is 7.98. The molecule has 0 spiro atoms. The summed E-state index contributed by atoms with van der Waals surface area (Å²) in [7, 11) is 1.55. The SMILES string of the molecule is COc1ncc(CN2CCN(C(=O)c3cc4c(cc3C)[nH]c(=O)c3cnn(C5CCOCC5)c34)C[C@@H]2C)cn1. The molecule has 4 aromatic rings. The van der Waals surface area contributed by atoms with E-state index in [9.17, 15) is 9.59 Å². The van der Waals surface area contributed by atoms with Gasteiger partial charge in [0.1, 0.15) is 0 Å². The molecule has 0 saturated carbocycles. The lowest BCUT2D eigenvalue weighted by Crippen LogP contribution is -2.53. The van der Waals surface area contributed by atoms with E-state index < -0.39 is 0 Å². The zero-order valence-corrected chi connectivity index (χ0v) is 22.5. The molecule has 5 heterocycles. The van der Waals surface area contributed by atoms with E-state index in [2.05, 4.69) is 31.9 Å². The second-order valence-corrected chi connectivity index (χ2v) is 10.5. The molecular weight excluding hydrogens is 498 g/mol. The first-order valence-electron chi connectivity index (χ1n) is 13.4. The van der Waals surface area contributed by atoms with Crippen molar-refractivity contribution in [3.05, 3.63) is 57.8 Å². The van der Waals surface area contributed by atoms with Crippen molar-refractivity contribution in [3.8, 4) is 6.01 Å². The standard InChI is InChI=1S/C28H33N7O4/c1-17-10-24-22(25-23(26(36)32-24)14-31-35(25)20-4-8-39-9-5-20)11-21(17)27(37)34-7-6-33(18(2)15-34)16-19-12-29-28(38-3)30-13-19/h10-14,18,20H,4-9,15-16H2,1-3H3,(H,32,36)/t18-/m0/s1. The van der Waals surface area contributed by atoms with Gasteiger partial charge in [-0.15, -0.1) is 0 Å². The molecule has 11 nitrogen and oxygen atoms in total. The second-order valence-electron chi connectivity index (χ2n) is 10.5. The fraction of sp³-hybridized carbons (Fsp3) is 0.464. The van der Waals surface area contributed by atoms with Crippen LogP contribution >= 0.6 is 0 Å². The first-order valence-corrected chi connectivity index (χ1v) is 13.4. The average molecular weight is 532 g/mol. The van der Waals surface area contributed by atoms with Gasteiger partial charge in [-0.05, 0) is 44.4 Å². The molecule has 1 amide bonds. The number of methoxy groups -OCH3 is 1. The van der Waals surface area contributed by atoms with Crippen molar-refractivity contribution in [3.63, 3.8) is 0 Å². The minimum absolute atomic E-state index is 0.00478. The molecule has 0 radical (unpaired) electrons. The number of fused-ring (bicyclic) bond motifs is 3. The topological polar surface area (TPSA) is 118 Å². The van der Waals surface area contributed by atoms with Crippen LogP contribution in [0.25, 0.3) is 21.8 Å². The minimum atomic E-state index is -0.165. The summed E-state index contributed by atoms with van der Waals surface area (Å²) in [4.78, 5) is 42.4. The highest BCUT2D eigenvalue weighted by atomic mass is 16.5. The predicted molar refractivity (Wildman–Crippen MR) is 146 cm³/mol. The molecule has 1 aromatic carbocycles. The summed E-state index contributed by atoms with van der Waals surface area (Å²) in [5.74, 6) is 0.00478. The number of carbonyl (C=O) groups excluding carboxylic acids is 1. The highest BCUT2D eigenvalue weighted by Crippen LogP contribution is 2.30. The lowest BCUT2D eigenvalue weighted by Gasteiger charge is -2.40. The van der Waals surface area contributed by atoms with E-state index in [1.807, 2.05) is 28.6 Å². The molecule has 39 heavy (non-hydrogen) atoms. The van der Waals surface area contributed by atoms with Gasteiger partial charge in [0.25, 0.3) is 11.5 Å². The Bertz CT molecular complexity index is 1570. The van der Waals surface area contributed by atoms with E-state index in [0.717, 1.165) is 46.9 Å². The lowest BCUT2D eigenvalue weighted by atomic mass is 10.0. The van der Waals surface area contributed by atoms with Crippen LogP contribution in [0, 0.1) is 6.92 Å². The number of rotatable bonds is 5. The van der Waals surface area contributed by atoms with Crippen molar-refractivity contribution in [2.24, 2.45) is 0 Å². The smallest absolute Gasteiger partial charge is 0.316 e. The van der Waals surface area contributed by atoms with Crippen molar-refractivity contribution in [2.75, 3.05) is 40.0 Å². The molecule has 0 unspecified atom stereocenters. The fourth-order valence-electron chi connectivity index (χ4n) is 5.78. The number of piperazine rings is 1. The van der Waals surface area contributed by atoms with Gasteiger partial charge >= 0.3 is 6.01 Å². The van der Waals surface area contributed by atoms with Crippen LogP contribution in [0.15, 0.2) is 35.5 Å². The number of hydrogen-bond donors (Lipinski definition) is 1. The predicted octanol–water partition coefficient (Wildman–Crippen LogP) is 2.68. The van der Waals surface area contributed by atoms with Crippen LogP contribution in [0.2, 0.25) is 0 Å². The maximum Gasteiger partial charge on any atom is 0.316 e. The molecule has 1 atom stereocenters. The molecule has 3 aromatic heterocycles. The Kier molecular flexibility index (Phi) is 6.78. The van der Waals surface area contributed by atoms with Gasteiger partial charge in [0.2, 0.25) is 0 Å². The van der Waals surface area contributed by atoms with Gasteiger partial charge < -0.3 is 19.4 Å². The van der Waals surface area contributed by atoms with Crippen LogP contribution in [-0.4, -0.2) is 86.4 Å². The Morgan fingerprint density at radius 3 is 2.62 bits per heavy atom. The molecule has 1 N–H and O–H groups in total. The zero-order valence-electron chi connectivity index (χ0n) is 22.5.